The number of aliphatic imine (C=N–C) groups is 1. The topological polar surface area (TPSA) is 12.4 Å². The minimum atomic E-state index is 0.291. The fourth-order valence-corrected chi connectivity index (χ4v) is 10.0. The number of fused-ring (bicyclic) bond motifs is 11. The van der Waals surface area contributed by atoms with Gasteiger partial charge < -0.3 is 0 Å². The second-order valence-electron chi connectivity index (χ2n) is 15.8. The number of benzene rings is 9. The molecule has 1 heteroatoms. The number of rotatable bonds is 3. The van der Waals surface area contributed by atoms with E-state index in [1.165, 1.54) is 105 Å². The van der Waals surface area contributed by atoms with Crippen LogP contribution in [0.15, 0.2) is 187 Å². The van der Waals surface area contributed by atoms with Crippen molar-refractivity contribution >= 4 is 49.8 Å². The summed E-state index contributed by atoms with van der Waals surface area (Å²) < 4.78 is 0. The molecule has 12 rings (SSSR count). The molecule has 0 fully saturated rings. The minimum Gasteiger partial charge on any atom is -0.252 e. The van der Waals surface area contributed by atoms with Gasteiger partial charge in [0.2, 0.25) is 0 Å². The largest absolute Gasteiger partial charge is 0.252 e. The maximum atomic E-state index is 5.19. The summed E-state index contributed by atoms with van der Waals surface area (Å²) in [7, 11) is 0. The Morgan fingerprint density at radius 2 is 1.07 bits per heavy atom. The van der Waals surface area contributed by atoms with E-state index in [2.05, 4.69) is 188 Å². The van der Waals surface area contributed by atoms with E-state index in [4.69, 9.17) is 4.99 Å². The van der Waals surface area contributed by atoms with Crippen LogP contribution in [-0.4, -0.2) is 5.71 Å². The Balaban J connectivity index is 0.928. The highest BCUT2D eigenvalue weighted by molar-refractivity contribution is 6.22. The van der Waals surface area contributed by atoms with Gasteiger partial charge in [-0.15, -0.1) is 0 Å². The third-order valence-electron chi connectivity index (χ3n) is 12.7. The second kappa shape index (κ2) is 12.3. The van der Waals surface area contributed by atoms with Crippen molar-refractivity contribution in [3.8, 4) is 33.4 Å². The highest BCUT2D eigenvalue weighted by Crippen LogP contribution is 2.48. The smallest absolute Gasteiger partial charge is 0.0672 e. The molecule has 2 aliphatic carbocycles. The van der Waals surface area contributed by atoms with Crippen LogP contribution in [0.2, 0.25) is 0 Å². The van der Waals surface area contributed by atoms with Crippen molar-refractivity contribution in [2.24, 2.45) is 4.99 Å². The lowest BCUT2D eigenvalue weighted by Gasteiger charge is -2.23. The number of hydrogen-bond acceptors (Lipinski definition) is 1. The minimum absolute atomic E-state index is 0.291. The van der Waals surface area contributed by atoms with Gasteiger partial charge in [0.15, 0.2) is 0 Å². The summed E-state index contributed by atoms with van der Waals surface area (Å²) in [5, 5.41) is 7.68. The van der Waals surface area contributed by atoms with Crippen molar-refractivity contribution in [3.05, 3.63) is 215 Å². The first-order valence-electron chi connectivity index (χ1n) is 19.9. The maximum Gasteiger partial charge on any atom is 0.0672 e. The first-order valence-corrected chi connectivity index (χ1v) is 19.9. The van der Waals surface area contributed by atoms with Gasteiger partial charge in [0.1, 0.15) is 0 Å². The average molecular weight is 712 g/mol. The number of para-hydroxylation sites is 1. The fraction of sp³-hybridized carbons (Fsp3) is 0.0727. The molecule has 9 aromatic carbocycles. The molecule has 0 radical (unpaired) electrons. The third kappa shape index (κ3) is 4.84. The molecular formula is C55H37N. The zero-order valence-electron chi connectivity index (χ0n) is 30.9. The van der Waals surface area contributed by atoms with Crippen LogP contribution in [-0.2, 0) is 12.8 Å². The van der Waals surface area contributed by atoms with Crippen molar-refractivity contribution in [2.45, 2.75) is 24.7 Å². The van der Waals surface area contributed by atoms with Crippen molar-refractivity contribution < 1.29 is 0 Å². The molecule has 0 saturated heterocycles. The number of nitrogens with zero attached hydrogens (tertiary/aromatic N) is 1. The van der Waals surface area contributed by atoms with Gasteiger partial charge in [-0.2, -0.15) is 0 Å². The molecule has 1 nitrogen and oxygen atoms in total. The van der Waals surface area contributed by atoms with Gasteiger partial charge in [-0.3, -0.25) is 4.99 Å². The van der Waals surface area contributed by atoms with Crippen LogP contribution in [0.1, 0.15) is 45.2 Å². The summed E-state index contributed by atoms with van der Waals surface area (Å²) in [5.41, 5.74) is 18.2. The fourth-order valence-electron chi connectivity index (χ4n) is 10.0. The maximum absolute atomic E-state index is 5.19. The van der Waals surface area contributed by atoms with Crippen LogP contribution >= 0.6 is 0 Å². The van der Waals surface area contributed by atoms with E-state index in [1.54, 1.807) is 0 Å². The molecule has 0 saturated carbocycles. The SMILES string of the molecule is C1=CC(c2ccc3c(c2)-c2ccccc2C2=Nc4ccccc4C2C3)Cc2ccc(-c3c4ccccc4c(-c4ccc5ccccc5c4)c4ccccc34)cc21. The summed E-state index contributed by atoms with van der Waals surface area (Å²) in [6.07, 6.45) is 6.76. The van der Waals surface area contributed by atoms with Gasteiger partial charge in [0.25, 0.3) is 0 Å². The van der Waals surface area contributed by atoms with E-state index >= 15 is 0 Å². The van der Waals surface area contributed by atoms with E-state index < -0.39 is 0 Å². The van der Waals surface area contributed by atoms with Gasteiger partial charge >= 0.3 is 0 Å². The molecule has 0 aromatic heterocycles. The zero-order chi connectivity index (χ0) is 36.7. The molecule has 0 bridgehead atoms. The van der Waals surface area contributed by atoms with E-state index in [-0.39, 0.29) is 0 Å². The molecule has 9 aromatic rings. The zero-order valence-corrected chi connectivity index (χ0v) is 30.9. The molecule has 56 heavy (non-hydrogen) atoms. The summed E-state index contributed by atoms with van der Waals surface area (Å²) in [6, 6.07) is 65.5. The van der Waals surface area contributed by atoms with Crippen molar-refractivity contribution in [2.75, 3.05) is 0 Å². The Kier molecular flexibility index (Phi) is 6.95. The van der Waals surface area contributed by atoms with E-state index in [1.807, 2.05) is 0 Å². The van der Waals surface area contributed by atoms with Gasteiger partial charge in [0.05, 0.1) is 11.4 Å². The van der Waals surface area contributed by atoms with Crippen LogP contribution in [0.4, 0.5) is 5.69 Å². The van der Waals surface area contributed by atoms with Crippen molar-refractivity contribution in [1.82, 2.24) is 0 Å². The lowest BCUT2D eigenvalue weighted by Crippen LogP contribution is -2.11. The highest BCUT2D eigenvalue weighted by atomic mass is 14.8. The standard InChI is InChI=1S/C55H37N/c1-2-12-35-30-41(27-21-34(35)11-1)53-45-15-4-6-17-47(45)54(48-18-7-5-16-46(48)53)42-28-25-36-29-37(22-23-38(36)31-42)39-24-26-40-33-51-44-14-9-10-20-52(44)56-55(51)49-19-8-3-13-43(49)50(40)32-39/h1-28,30-32,37,51H,29,33H2. The first kappa shape index (κ1) is 31.5. The second-order valence-corrected chi connectivity index (χ2v) is 15.8. The monoisotopic (exact) mass is 711 g/mol. The van der Waals surface area contributed by atoms with Crippen LogP contribution in [0.25, 0.3) is 71.8 Å². The Hall–Kier alpha value is -6.83. The predicted octanol–water partition coefficient (Wildman–Crippen LogP) is 14.3. The van der Waals surface area contributed by atoms with Gasteiger partial charge in [-0.05, 0) is 125 Å². The number of allylic oxidation sites excluding steroid dienone is 1. The quantitative estimate of drug-likeness (QED) is 0.162. The average Bonchev–Trinajstić information content (AvgIpc) is 3.56. The first-order chi connectivity index (χ1) is 27.7. The van der Waals surface area contributed by atoms with Crippen LogP contribution in [0.3, 0.4) is 0 Å². The van der Waals surface area contributed by atoms with Gasteiger partial charge in [-0.25, -0.2) is 0 Å². The molecule has 0 spiro atoms. The third-order valence-corrected chi connectivity index (χ3v) is 12.7. The molecule has 1 aliphatic heterocycles. The van der Waals surface area contributed by atoms with E-state index in [0.717, 1.165) is 18.5 Å². The molecule has 3 aliphatic rings. The van der Waals surface area contributed by atoms with Gasteiger partial charge in [0, 0.05) is 17.4 Å². The van der Waals surface area contributed by atoms with Crippen molar-refractivity contribution in [3.63, 3.8) is 0 Å². The highest BCUT2D eigenvalue weighted by Gasteiger charge is 2.33. The molecular weight excluding hydrogens is 675 g/mol. The summed E-state index contributed by atoms with van der Waals surface area (Å²) in [6.45, 7) is 0. The Morgan fingerprint density at radius 1 is 0.446 bits per heavy atom. The van der Waals surface area contributed by atoms with Crippen LogP contribution in [0.5, 0.6) is 0 Å². The summed E-state index contributed by atoms with van der Waals surface area (Å²) in [5.74, 6) is 0.605. The van der Waals surface area contributed by atoms with Gasteiger partial charge in [-0.1, -0.05) is 170 Å². The van der Waals surface area contributed by atoms with Crippen LogP contribution < -0.4 is 0 Å². The van der Waals surface area contributed by atoms with E-state index in [0.29, 0.717) is 11.8 Å². The molecule has 262 valence electrons. The normalized spacial score (nSPS) is 16.5. The molecule has 2 unspecified atom stereocenters. The molecule has 0 amide bonds. The molecule has 1 heterocycles. The van der Waals surface area contributed by atoms with Crippen molar-refractivity contribution in [1.29, 1.82) is 0 Å². The Labute approximate surface area is 327 Å². The molecule has 0 N–H and O–H groups in total. The lowest BCUT2D eigenvalue weighted by atomic mass is 9.81. The van der Waals surface area contributed by atoms with E-state index in [9.17, 15) is 0 Å². The lowest BCUT2D eigenvalue weighted by molar-refractivity contribution is 0.825. The summed E-state index contributed by atoms with van der Waals surface area (Å²) >= 11 is 0. The number of hydrogen-bond donors (Lipinski definition) is 0. The Bertz CT molecular complexity index is 3100. The Morgan fingerprint density at radius 3 is 1.86 bits per heavy atom. The summed E-state index contributed by atoms with van der Waals surface area (Å²) in [4.78, 5) is 5.19. The van der Waals surface area contributed by atoms with Crippen LogP contribution in [0, 0.1) is 0 Å². The predicted molar refractivity (Wildman–Crippen MR) is 236 cm³/mol. The molecule has 2 atom stereocenters.